The van der Waals surface area contributed by atoms with Crippen LogP contribution in [0.25, 0.3) is 0 Å². The van der Waals surface area contributed by atoms with Crippen LogP contribution in [0.15, 0.2) is 24.3 Å². The number of hydrogen-bond donors (Lipinski definition) is 0. The van der Waals surface area contributed by atoms with E-state index in [1.807, 2.05) is 0 Å². The highest BCUT2D eigenvalue weighted by molar-refractivity contribution is 4.92. The highest BCUT2D eigenvalue weighted by Gasteiger charge is 2.20. The summed E-state index contributed by atoms with van der Waals surface area (Å²) < 4.78 is 0. The van der Waals surface area contributed by atoms with Crippen molar-refractivity contribution in [2.45, 2.75) is 174 Å². The molecule has 0 spiro atoms. The van der Waals surface area contributed by atoms with Crippen molar-refractivity contribution in [1.82, 2.24) is 4.90 Å². The van der Waals surface area contributed by atoms with Gasteiger partial charge in [-0.15, -0.1) is 0 Å². The molecule has 0 N–H and O–H groups in total. The van der Waals surface area contributed by atoms with Crippen LogP contribution in [0.5, 0.6) is 0 Å². The van der Waals surface area contributed by atoms with E-state index in [9.17, 15) is 0 Å². The quantitative estimate of drug-likeness (QED) is 0.0941. The fraction of sp³-hybridized carbons (Fsp3) is 0.879. The van der Waals surface area contributed by atoms with Crippen LogP contribution in [0.3, 0.4) is 0 Å². The maximum absolute atomic E-state index is 2.84. The molecule has 1 atom stereocenters. The van der Waals surface area contributed by atoms with Gasteiger partial charge in [0, 0.05) is 6.04 Å². The van der Waals surface area contributed by atoms with E-state index in [0.29, 0.717) is 0 Å². The summed E-state index contributed by atoms with van der Waals surface area (Å²) in [6.45, 7) is 7.35. The van der Waals surface area contributed by atoms with Gasteiger partial charge in [0.1, 0.15) is 0 Å². The largest absolute Gasteiger partial charge is 0.300 e. The number of hydrogen-bond acceptors (Lipinski definition) is 1. The summed E-state index contributed by atoms with van der Waals surface area (Å²) in [6, 6.07) is 0.899. The van der Waals surface area contributed by atoms with Gasteiger partial charge in [-0.05, 0) is 70.9 Å². The van der Waals surface area contributed by atoms with Crippen LogP contribution in [0.4, 0.5) is 0 Å². The fourth-order valence-electron chi connectivity index (χ4n) is 5.50. The number of allylic oxidation sites excluding steroid dienone is 4. The molecule has 0 aromatic heterocycles. The smallest absolute Gasteiger partial charge is 0.00952 e. The highest BCUT2D eigenvalue weighted by Crippen LogP contribution is 2.22. The molecule has 0 saturated carbocycles. The maximum Gasteiger partial charge on any atom is 0.00952 e. The molecular formula is C33H63N. The first-order chi connectivity index (χ1) is 16.9. The zero-order valence-corrected chi connectivity index (χ0v) is 23.7. The normalized spacial score (nSPS) is 15.8. The summed E-state index contributed by atoms with van der Waals surface area (Å²) in [7, 11) is 0. The van der Waals surface area contributed by atoms with Crippen LogP contribution >= 0.6 is 0 Å². The van der Waals surface area contributed by atoms with Gasteiger partial charge in [0.05, 0.1) is 0 Å². The van der Waals surface area contributed by atoms with E-state index in [2.05, 4.69) is 43.1 Å². The zero-order chi connectivity index (χ0) is 24.4. The Morgan fingerprint density at radius 3 is 1.44 bits per heavy atom. The van der Waals surface area contributed by atoms with Gasteiger partial charge >= 0.3 is 0 Å². The Morgan fingerprint density at radius 1 is 0.500 bits per heavy atom. The summed E-state index contributed by atoms with van der Waals surface area (Å²) in [5.41, 5.74) is 0. The molecule has 1 aliphatic rings. The first-order valence-corrected chi connectivity index (χ1v) is 15.9. The number of likely N-dealkylation sites (tertiary alicyclic amines) is 1. The summed E-state index contributed by atoms with van der Waals surface area (Å²) >= 11 is 0. The molecule has 0 bridgehead atoms. The molecule has 0 aromatic rings. The predicted octanol–water partition coefficient (Wildman–Crippen LogP) is 11.2. The molecule has 34 heavy (non-hydrogen) atoms. The summed E-state index contributed by atoms with van der Waals surface area (Å²) in [5, 5.41) is 0. The SMILES string of the molecule is CCCCC/C=C/C/C=C/CCCCCCCCCC(CCCCCCCCC)N1CCCC1. The van der Waals surface area contributed by atoms with Gasteiger partial charge in [-0.25, -0.2) is 0 Å². The van der Waals surface area contributed by atoms with Crippen LogP contribution < -0.4 is 0 Å². The van der Waals surface area contributed by atoms with Gasteiger partial charge in [0.25, 0.3) is 0 Å². The van der Waals surface area contributed by atoms with E-state index in [0.717, 1.165) is 12.5 Å². The van der Waals surface area contributed by atoms with Gasteiger partial charge in [0.15, 0.2) is 0 Å². The first kappa shape index (κ1) is 31.5. The number of nitrogens with zero attached hydrogens (tertiary/aromatic N) is 1. The van der Waals surface area contributed by atoms with Crippen molar-refractivity contribution in [2.75, 3.05) is 13.1 Å². The van der Waals surface area contributed by atoms with Crippen LogP contribution in [-0.2, 0) is 0 Å². The minimum atomic E-state index is 0.899. The molecule has 0 aliphatic carbocycles. The molecule has 1 saturated heterocycles. The van der Waals surface area contributed by atoms with Gasteiger partial charge in [-0.2, -0.15) is 0 Å². The molecule has 0 radical (unpaired) electrons. The van der Waals surface area contributed by atoms with Crippen LogP contribution in [-0.4, -0.2) is 24.0 Å². The van der Waals surface area contributed by atoms with Gasteiger partial charge in [-0.1, -0.05) is 134 Å². The Morgan fingerprint density at radius 2 is 0.912 bits per heavy atom. The van der Waals surface area contributed by atoms with Gasteiger partial charge in [0.2, 0.25) is 0 Å². The summed E-state index contributed by atoms with van der Waals surface area (Å²) in [6.07, 6.45) is 43.2. The lowest BCUT2D eigenvalue weighted by atomic mass is 9.98. The zero-order valence-electron chi connectivity index (χ0n) is 23.7. The minimum Gasteiger partial charge on any atom is -0.300 e. The summed E-state index contributed by atoms with van der Waals surface area (Å²) in [5.74, 6) is 0. The molecule has 1 heteroatoms. The van der Waals surface area contributed by atoms with Crippen molar-refractivity contribution in [1.29, 1.82) is 0 Å². The van der Waals surface area contributed by atoms with Crippen molar-refractivity contribution in [3.63, 3.8) is 0 Å². The second kappa shape index (κ2) is 25.5. The lowest BCUT2D eigenvalue weighted by Gasteiger charge is -2.27. The average molecular weight is 474 g/mol. The molecule has 1 unspecified atom stereocenters. The molecule has 0 amide bonds. The van der Waals surface area contributed by atoms with Crippen LogP contribution in [0.2, 0.25) is 0 Å². The van der Waals surface area contributed by atoms with E-state index in [1.54, 1.807) is 0 Å². The van der Waals surface area contributed by atoms with E-state index in [1.165, 1.54) is 161 Å². The second-order valence-corrected chi connectivity index (χ2v) is 11.0. The molecule has 1 aliphatic heterocycles. The minimum absolute atomic E-state index is 0.899. The molecular weight excluding hydrogens is 410 g/mol. The Hall–Kier alpha value is -0.560. The third-order valence-corrected chi connectivity index (χ3v) is 7.79. The summed E-state index contributed by atoms with van der Waals surface area (Å²) in [4.78, 5) is 2.84. The van der Waals surface area contributed by atoms with E-state index in [-0.39, 0.29) is 0 Å². The second-order valence-electron chi connectivity index (χ2n) is 11.0. The van der Waals surface area contributed by atoms with Gasteiger partial charge < -0.3 is 4.90 Å². The Balaban J connectivity index is 1.95. The van der Waals surface area contributed by atoms with Crippen molar-refractivity contribution in [2.24, 2.45) is 0 Å². The average Bonchev–Trinajstić information content (AvgIpc) is 3.39. The molecule has 1 nitrogen and oxygen atoms in total. The van der Waals surface area contributed by atoms with Crippen LogP contribution in [0.1, 0.15) is 168 Å². The van der Waals surface area contributed by atoms with E-state index < -0.39 is 0 Å². The highest BCUT2D eigenvalue weighted by atomic mass is 15.2. The lowest BCUT2D eigenvalue weighted by Crippen LogP contribution is -2.32. The monoisotopic (exact) mass is 473 g/mol. The topological polar surface area (TPSA) is 3.24 Å². The van der Waals surface area contributed by atoms with E-state index in [4.69, 9.17) is 0 Å². The lowest BCUT2D eigenvalue weighted by molar-refractivity contribution is 0.209. The maximum atomic E-state index is 2.84. The molecule has 1 rings (SSSR count). The van der Waals surface area contributed by atoms with Crippen molar-refractivity contribution in [3.05, 3.63) is 24.3 Å². The third kappa shape index (κ3) is 19.7. The molecule has 0 aromatic carbocycles. The van der Waals surface area contributed by atoms with Crippen LogP contribution in [0, 0.1) is 0 Å². The molecule has 200 valence electrons. The van der Waals surface area contributed by atoms with Crippen molar-refractivity contribution in [3.8, 4) is 0 Å². The Kier molecular flexibility index (Phi) is 23.6. The Bertz CT molecular complexity index is 445. The first-order valence-electron chi connectivity index (χ1n) is 15.9. The van der Waals surface area contributed by atoms with Crippen molar-refractivity contribution >= 4 is 0 Å². The number of unbranched alkanes of at least 4 members (excludes halogenated alkanes) is 16. The van der Waals surface area contributed by atoms with Crippen molar-refractivity contribution < 1.29 is 0 Å². The third-order valence-electron chi connectivity index (χ3n) is 7.79. The molecule has 1 fully saturated rings. The van der Waals surface area contributed by atoms with Gasteiger partial charge in [-0.3, -0.25) is 0 Å². The fourth-order valence-corrected chi connectivity index (χ4v) is 5.50. The molecule has 1 heterocycles. The van der Waals surface area contributed by atoms with E-state index >= 15 is 0 Å². The standard InChI is InChI=1S/C33H63N/c1-3-5-7-9-11-12-13-14-15-16-17-18-19-20-22-24-26-30-33(34-31-27-28-32-34)29-25-23-21-10-8-6-4-2/h11-12,14-15,33H,3-10,13,16-32H2,1-2H3/b12-11+,15-14+. The number of rotatable bonds is 25. The predicted molar refractivity (Wildman–Crippen MR) is 156 cm³/mol. The Labute approximate surface area is 216 Å².